The van der Waals surface area contributed by atoms with Gasteiger partial charge in [-0.05, 0) is 43.9 Å². The van der Waals surface area contributed by atoms with Crippen molar-refractivity contribution < 1.29 is 14.1 Å². The number of thiazole rings is 1. The molecule has 0 saturated carbocycles. The smallest absolute Gasteiger partial charge is 0.274 e. The van der Waals surface area contributed by atoms with Crippen molar-refractivity contribution in [3.8, 4) is 0 Å². The summed E-state index contributed by atoms with van der Waals surface area (Å²) >= 11 is 4.74. The number of nitrogens with two attached hydrogens (primary N) is 2. The molecule has 0 radical (unpaired) electrons. The fourth-order valence-corrected chi connectivity index (χ4v) is 5.71. The number of benzene rings is 1. The van der Waals surface area contributed by atoms with Gasteiger partial charge in [0.05, 0.1) is 22.9 Å². The van der Waals surface area contributed by atoms with Crippen LogP contribution in [0, 0.1) is 10.1 Å². The molecule has 0 saturated heterocycles. The van der Waals surface area contributed by atoms with Gasteiger partial charge in [-0.15, -0.1) is 11.3 Å². The lowest BCUT2D eigenvalue weighted by molar-refractivity contribution is -0.404. The second-order valence-corrected chi connectivity index (χ2v) is 12.4. The first-order chi connectivity index (χ1) is 22.1. The first-order valence-electron chi connectivity index (χ1n) is 13.7. The molecule has 0 unspecified atom stereocenters. The van der Waals surface area contributed by atoms with Crippen LogP contribution < -0.4 is 27.4 Å². The topological polar surface area (TPSA) is 239 Å². The largest absolute Gasteiger partial charge is 0.464 e. The molecule has 0 bridgehead atoms. The Morgan fingerprint density at radius 1 is 1.13 bits per heavy atom. The van der Waals surface area contributed by atoms with E-state index in [4.69, 9.17) is 21.4 Å². The van der Waals surface area contributed by atoms with Crippen molar-refractivity contribution in [1.82, 2.24) is 25.8 Å². The Kier molecular flexibility index (Phi) is 17.5. The summed E-state index contributed by atoms with van der Waals surface area (Å²) in [6.07, 6.45) is 0.921. The Hall–Kier alpha value is -4.42. The number of nitro groups is 1. The predicted octanol–water partition coefficient (Wildman–Crippen LogP) is 4.11. The van der Waals surface area contributed by atoms with E-state index in [1.54, 1.807) is 54.8 Å². The molecule has 2 aromatic heterocycles. The molecule has 3 rings (SSSR count). The number of carbonyl (C=O) groups excluding carboxylic acids is 1. The van der Waals surface area contributed by atoms with E-state index in [-0.39, 0.29) is 11.9 Å². The van der Waals surface area contributed by atoms with Crippen molar-refractivity contribution in [2.75, 3.05) is 45.7 Å². The lowest BCUT2D eigenvalue weighted by Gasteiger charge is -2.07. The van der Waals surface area contributed by atoms with E-state index in [0.29, 0.717) is 41.0 Å². The van der Waals surface area contributed by atoms with Gasteiger partial charge in [-0.2, -0.15) is 28.5 Å². The molecule has 0 aliphatic rings. The summed E-state index contributed by atoms with van der Waals surface area (Å²) in [5, 5.41) is 24.8. The SMILES string of the molecule is CN/C(=C/[N+](=O)[O-])NCCSCc1ccc(CN(C)C)o1.[N-]=[N+]=Nc1ccc(C(=O)NCCSCc2csc(N=C(N)N)n2)cc1. The maximum Gasteiger partial charge on any atom is 0.274 e. The molecule has 16 nitrogen and oxygen atoms in total. The fraction of sp³-hybridized carbons (Fsp3) is 0.370. The summed E-state index contributed by atoms with van der Waals surface area (Å²) in [6, 6.07) is 10.4. The highest BCUT2D eigenvalue weighted by molar-refractivity contribution is 7.98. The van der Waals surface area contributed by atoms with Gasteiger partial charge >= 0.3 is 0 Å². The number of nitrogens with one attached hydrogen (secondary N) is 3. The highest BCUT2D eigenvalue weighted by Crippen LogP contribution is 2.21. The predicted molar refractivity (Wildman–Crippen MR) is 186 cm³/mol. The van der Waals surface area contributed by atoms with Crippen molar-refractivity contribution in [2.24, 2.45) is 21.6 Å². The zero-order chi connectivity index (χ0) is 33.7. The Balaban J connectivity index is 0.000000326. The van der Waals surface area contributed by atoms with E-state index >= 15 is 0 Å². The average Bonchev–Trinajstić information content (AvgIpc) is 3.65. The molecule has 3 aromatic rings. The molecule has 46 heavy (non-hydrogen) atoms. The zero-order valence-electron chi connectivity index (χ0n) is 25.7. The molecular weight excluding hydrogens is 653 g/mol. The number of amides is 1. The second-order valence-electron chi connectivity index (χ2n) is 9.37. The van der Waals surface area contributed by atoms with Crippen molar-refractivity contribution in [3.63, 3.8) is 0 Å². The van der Waals surface area contributed by atoms with Crippen LogP contribution in [0.25, 0.3) is 10.4 Å². The van der Waals surface area contributed by atoms with Crippen LogP contribution in [-0.2, 0) is 18.1 Å². The fourth-order valence-electron chi connectivity index (χ4n) is 3.40. The Labute approximate surface area is 279 Å². The van der Waals surface area contributed by atoms with Crippen LogP contribution in [-0.4, -0.2) is 72.4 Å². The lowest BCUT2D eigenvalue weighted by atomic mass is 10.2. The number of azide groups is 1. The summed E-state index contributed by atoms with van der Waals surface area (Å²) in [5.41, 5.74) is 20.8. The maximum atomic E-state index is 12.0. The number of aliphatic imine (C=N–C) groups is 1. The summed E-state index contributed by atoms with van der Waals surface area (Å²) in [7, 11) is 5.64. The molecule has 1 aromatic carbocycles. The molecule has 2 heterocycles. The maximum absolute atomic E-state index is 12.0. The van der Waals surface area contributed by atoms with Gasteiger partial charge in [-0.25, -0.2) is 4.98 Å². The lowest BCUT2D eigenvalue weighted by Crippen LogP contribution is -2.26. The number of guanidine groups is 1. The van der Waals surface area contributed by atoms with Gasteiger partial charge in [0.25, 0.3) is 12.1 Å². The quantitative estimate of drug-likeness (QED) is 0.0185. The number of carbonyl (C=O) groups is 1. The van der Waals surface area contributed by atoms with Crippen LogP contribution in [0.5, 0.6) is 0 Å². The van der Waals surface area contributed by atoms with Crippen LogP contribution in [0.4, 0.5) is 10.8 Å². The number of nitrogens with zero attached hydrogens (tertiary/aromatic N) is 7. The van der Waals surface area contributed by atoms with Crippen molar-refractivity contribution >= 4 is 57.5 Å². The first-order valence-corrected chi connectivity index (χ1v) is 16.9. The van der Waals surface area contributed by atoms with Crippen LogP contribution in [0.15, 0.2) is 68.3 Å². The Morgan fingerprint density at radius 2 is 1.80 bits per heavy atom. The molecule has 0 aliphatic heterocycles. The third kappa shape index (κ3) is 16.1. The molecule has 7 N–H and O–H groups in total. The van der Waals surface area contributed by atoms with E-state index in [1.165, 1.54) is 11.3 Å². The van der Waals surface area contributed by atoms with E-state index in [2.05, 4.69) is 40.9 Å². The Bertz CT molecular complexity index is 1480. The van der Waals surface area contributed by atoms with E-state index in [9.17, 15) is 14.9 Å². The van der Waals surface area contributed by atoms with Gasteiger partial charge in [0.1, 0.15) is 11.5 Å². The van der Waals surface area contributed by atoms with Crippen LogP contribution in [0.3, 0.4) is 0 Å². The molecular formula is C27H38N12O4S3. The summed E-state index contributed by atoms with van der Waals surface area (Å²) < 4.78 is 5.70. The molecule has 1 amide bonds. The second kappa shape index (κ2) is 21.3. The van der Waals surface area contributed by atoms with Gasteiger partial charge in [0, 0.05) is 58.9 Å². The van der Waals surface area contributed by atoms with Gasteiger partial charge in [-0.1, -0.05) is 17.2 Å². The zero-order valence-corrected chi connectivity index (χ0v) is 28.2. The molecule has 0 fully saturated rings. The van der Waals surface area contributed by atoms with Gasteiger partial charge in [0.15, 0.2) is 11.8 Å². The number of thioether (sulfide) groups is 2. The molecule has 0 spiro atoms. The number of hydrogen-bond acceptors (Lipinski definition) is 13. The highest BCUT2D eigenvalue weighted by Gasteiger charge is 2.06. The molecule has 248 valence electrons. The third-order valence-electron chi connectivity index (χ3n) is 5.34. The minimum absolute atomic E-state index is 0.0104. The van der Waals surface area contributed by atoms with E-state index in [1.807, 2.05) is 31.6 Å². The third-order valence-corrected chi connectivity index (χ3v) is 8.09. The van der Waals surface area contributed by atoms with Crippen LogP contribution >= 0.6 is 34.9 Å². The van der Waals surface area contributed by atoms with Crippen molar-refractivity contribution in [1.29, 1.82) is 0 Å². The summed E-state index contributed by atoms with van der Waals surface area (Å²) in [5.74, 6) is 5.23. The normalized spacial score (nSPS) is 10.7. The average molecular weight is 691 g/mol. The number of aromatic nitrogens is 1. The molecule has 19 heteroatoms. The van der Waals surface area contributed by atoms with Gasteiger partial charge < -0.3 is 36.7 Å². The van der Waals surface area contributed by atoms with Crippen molar-refractivity contribution in [2.45, 2.75) is 18.1 Å². The monoisotopic (exact) mass is 690 g/mol. The number of hydrogen-bond donors (Lipinski definition) is 5. The number of rotatable bonds is 18. The molecule has 0 atom stereocenters. The first kappa shape index (κ1) is 37.8. The van der Waals surface area contributed by atoms with E-state index < -0.39 is 4.92 Å². The van der Waals surface area contributed by atoms with E-state index in [0.717, 1.165) is 47.2 Å². The Morgan fingerprint density at radius 3 is 2.43 bits per heavy atom. The molecule has 0 aliphatic carbocycles. The van der Waals surface area contributed by atoms with Crippen molar-refractivity contribution in [3.05, 3.63) is 97.1 Å². The summed E-state index contributed by atoms with van der Waals surface area (Å²) in [6.45, 7) is 1.98. The van der Waals surface area contributed by atoms with Gasteiger partial charge in [0.2, 0.25) is 5.13 Å². The highest BCUT2D eigenvalue weighted by atomic mass is 32.2. The van der Waals surface area contributed by atoms with Crippen LogP contribution in [0.1, 0.15) is 27.6 Å². The standard InChI is InChI=1S/C14H16N8OS2.C13H22N4O3S/c15-13(16)20-14-19-11(8-25-14)7-24-6-5-18-12(23)9-1-3-10(4-2-9)21-22-17;1-14-13(9-17(18)19)15-6-7-21-10-12-5-4-11(20-12)8-16(2)3/h1-4,8H,5-7H2,(H,18,23)(H4,15,16,19,20);4-5,9,14-15H,6-8,10H2,1-3H3/b;13-9-. The van der Waals surface area contributed by atoms with Gasteiger partial charge in [-0.3, -0.25) is 14.9 Å². The van der Waals surface area contributed by atoms with Crippen LogP contribution in [0.2, 0.25) is 0 Å². The minimum atomic E-state index is -0.485. The number of furan rings is 1. The minimum Gasteiger partial charge on any atom is -0.464 e. The summed E-state index contributed by atoms with van der Waals surface area (Å²) in [4.78, 5) is 34.8.